The molecule has 0 bridgehead atoms. The summed E-state index contributed by atoms with van der Waals surface area (Å²) < 4.78 is 5.31. The van der Waals surface area contributed by atoms with Crippen molar-refractivity contribution in [2.45, 2.75) is 39.5 Å². The van der Waals surface area contributed by atoms with E-state index in [2.05, 4.69) is 36.2 Å². The van der Waals surface area contributed by atoms with Crippen LogP contribution >= 0.6 is 12.2 Å². The van der Waals surface area contributed by atoms with Crippen molar-refractivity contribution in [2.24, 2.45) is 4.99 Å². The van der Waals surface area contributed by atoms with Crippen LogP contribution in [-0.2, 0) is 4.74 Å². The van der Waals surface area contributed by atoms with Gasteiger partial charge in [0.1, 0.15) is 0 Å². The minimum Gasteiger partial charge on any atom is -0.381 e. The maximum absolute atomic E-state index is 5.31. The second kappa shape index (κ2) is 14.0. The second-order valence-corrected chi connectivity index (χ2v) is 4.04. The summed E-state index contributed by atoms with van der Waals surface area (Å²) in [4.78, 5) is 3.77. The van der Waals surface area contributed by atoms with Gasteiger partial charge in [0.2, 0.25) is 0 Å². The molecule has 0 saturated heterocycles. The lowest BCUT2D eigenvalue weighted by atomic mass is 10.3. The van der Waals surface area contributed by atoms with Gasteiger partial charge in [0.15, 0.2) is 0 Å². The molecule has 1 rings (SSSR count). The summed E-state index contributed by atoms with van der Waals surface area (Å²) >= 11 is 4.42. The molecule has 0 N–H and O–H groups in total. The average molecular weight is 265 g/mol. The number of rotatable bonds is 7. The fraction of sp³-hybridized carbons (Fsp3) is 0.533. The highest BCUT2D eigenvalue weighted by atomic mass is 32.1. The molecule has 3 heteroatoms. The van der Waals surface area contributed by atoms with Crippen LogP contribution in [0.3, 0.4) is 0 Å². The average Bonchev–Trinajstić information content (AvgIpc) is 2.41. The monoisotopic (exact) mass is 265 g/mol. The lowest BCUT2D eigenvalue weighted by Crippen LogP contribution is -1.95. The first kappa shape index (κ1) is 17.0. The normalized spacial score (nSPS) is 9.00. The minimum atomic E-state index is 0.854. The van der Waals surface area contributed by atoms with Gasteiger partial charge in [-0.3, -0.25) is 0 Å². The Morgan fingerprint density at radius 2 is 1.61 bits per heavy atom. The van der Waals surface area contributed by atoms with E-state index < -0.39 is 0 Å². The zero-order chi connectivity index (χ0) is 13.5. The highest BCUT2D eigenvalue weighted by Crippen LogP contribution is 2.07. The van der Waals surface area contributed by atoms with Crippen molar-refractivity contribution in [3.8, 4) is 0 Å². The number of aliphatic imine (C=N–C) groups is 1. The Bertz CT molecular complexity index is 315. The summed E-state index contributed by atoms with van der Waals surface area (Å²) in [5.74, 6) is 0. The number of hydrogen-bond donors (Lipinski definition) is 0. The fourth-order valence-corrected chi connectivity index (χ4v) is 1.26. The molecule has 0 aliphatic rings. The van der Waals surface area contributed by atoms with Gasteiger partial charge >= 0.3 is 0 Å². The number of unbranched alkanes of at least 4 members (excludes halogenated alkanes) is 2. The first-order chi connectivity index (χ1) is 8.85. The third-order valence-electron chi connectivity index (χ3n) is 2.22. The van der Waals surface area contributed by atoms with E-state index in [0.29, 0.717) is 0 Å². The van der Waals surface area contributed by atoms with Crippen LogP contribution in [0.4, 0.5) is 5.69 Å². The van der Waals surface area contributed by atoms with E-state index in [1.807, 2.05) is 30.3 Å². The first-order valence-electron chi connectivity index (χ1n) is 6.55. The molecule has 0 fully saturated rings. The van der Waals surface area contributed by atoms with Gasteiger partial charge in [-0.25, -0.2) is 0 Å². The molecule has 0 radical (unpaired) electrons. The zero-order valence-corrected chi connectivity index (χ0v) is 12.2. The van der Waals surface area contributed by atoms with E-state index in [4.69, 9.17) is 4.74 Å². The van der Waals surface area contributed by atoms with E-state index in [-0.39, 0.29) is 0 Å². The van der Waals surface area contributed by atoms with Crippen molar-refractivity contribution in [3.63, 3.8) is 0 Å². The van der Waals surface area contributed by atoms with Crippen LogP contribution in [0, 0.1) is 0 Å². The van der Waals surface area contributed by atoms with Crippen LogP contribution in [0.15, 0.2) is 35.3 Å². The third kappa shape index (κ3) is 11.5. The Balaban J connectivity index is 0.000000321. The minimum absolute atomic E-state index is 0.854. The molecule has 0 saturated carbocycles. The maximum Gasteiger partial charge on any atom is 0.0739 e. The van der Waals surface area contributed by atoms with Crippen LogP contribution in [0.2, 0.25) is 0 Å². The number of ether oxygens (including phenoxy) is 1. The lowest BCUT2D eigenvalue weighted by Gasteiger charge is -1.99. The Kier molecular flexibility index (Phi) is 13.2. The van der Waals surface area contributed by atoms with E-state index in [0.717, 1.165) is 18.9 Å². The van der Waals surface area contributed by atoms with Crippen molar-refractivity contribution < 1.29 is 4.74 Å². The largest absolute Gasteiger partial charge is 0.381 e. The van der Waals surface area contributed by atoms with Crippen molar-refractivity contribution in [2.75, 3.05) is 13.2 Å². The first-order valence-corrected chi connectivity index (χ1v) is 6.96. The maximum atomic E-state index is 5.31. The molecule has 2 nitrogen and oxygen atoms in total. The second-order valence-electron chi connectivity index (χ2n) is 3.86. The van der Waals surface area contributed by atoms with Gasteiger partial charge in [-0.1, -0.05) is 44.9 Å². The molecule has 0 aliphatic heterocycles. The number of nitrogens with zero attached hydrogens (tertiary/aromatic N) is 1. The van der Waals surface area contributed by atoms with E-state index in [1.165, 1.54) is 25.7 Å². The van der Waals surface area contributed by atoms with Crippen LogP contribution < -0.4 is 0 Å². The predicted octanol–water partition coefficient (Wildman–Crippen LogP) is 5.02. The van der Waals surface area contributed by atoms with Crippen LogP contribution in [0.1, 0.15) is 39.5 Å². The highest BCUT2D eigenvalue weighted by Gasteiger charge is 1.84. The Hall–Kier alpha value is -1.02. The van der Waals surface area contributed by atoms with Crippen molar-refractivity contribution in [1.82, 2.24) is 0 Å². The van der Waals surface area contributed by atoms with Crippen molar-refractivity contribution in [3.05, 3.63) is 30.3 Å². The van der Waals surface area contributed by atoms with Gasteiger partial charge in [0, 0.05) is 13.2 Å². The highest BCUT2D eigenvalue weighted by molar-refractivity contribution is 7.78. The molecule has 18 heavy (non-hydrogen) atoms. The number of benzene rings is 1. The molecule has 0 unspecified atom stereocenters. The van der Waals surface area contributed by atoms with Gasteiger partial charge in [-0.15, -0.1) is 0 Å². The third-order valence-corrected chi connectivity index (χ3v) is 2.31. The smallest absolute Gasteiger partial charge is 0.0739 e. The van der Waals surface area contributed by atoms with Gasteiger partial charge in [0.25, 0.3) is 0 Å². The van der Waals surface area contributed by atoms with E-state index in [1.54, 1.807) is 0 Å². The molecule has 1 aromatic carbocycles. The summed E-state index contributed by atoms with van der Waals surface area (Å²) in [6.07, 6.45) is 4.91. The number of isothiocyanates is 1. The number of para-hydroxylation sites is 1. The molecular weight excluding hydrogens is 242 g/mol. The SMILES string of the molecule is CCCCOCCCC.S=C=Nc1ccccc1. The van der Waals surface area contributed by atoms with Crippen LogP contribution in [0.5, 0.6) is 0 Å². The summed E-state index contributed by atoms with van der Waals surface area (Å²) in [6, 6.07) is 9.50. The lowest BCUT2D eigenvalue weighted by molar-refractivity contribution is 0.128. The molecular formula is C15H23NOS. The van der Waals surface area contributed by atoms with Crippen molar-refractivity contribution in [1.29, 1.82) is 0 Å². The van der Waals surface area contributed by atoms with Crippen LogP contribution in [-0.4, -0.2) is 18.4 Å². The standard InChI is InChI=1S/C8H18O.C7H5NS/c1-3-5-7-9-8-6-4-2;9-6-8-7-4-2-1-3-5-7/h3-8H2,1-2H3;1-5H. The molecule has 0 heterocycles. The Morgan fingerprint density at radius 1 is 1.06 bits per heavy atom. The number of hydrogen-bond acceptors (Lipinski definition) is 3. The van der Waals surface area contributed by atoms with E-state index >= 15 is 0 Å². The van der Waals surface area contributed by atoms with Gasteiger partial charge in [-0.2, -0.15) is 4.99 Å². The molecule has 0 amide bonds. The topological polar surface area (TPSA) is 21.6 Å². The predicted molar refractivity (Wildman–Crippen MR) is 81.8 cm³/mol. The summed E-state index contributed by atoms with van der Waals surface area (Å²) in [5, 5.41) is 2.29. The van der Waals surface area contributed by atoms with E-state index in [9.17, 15) is 0 Å². The van der Waals surface area contributed by atoms with Gasteiger partial charge in [-0.05, 0) is 37.2 Å². The van der Waals surface area contributed by atoms with Gasteiger partial charge in [0.05, 0.1) is 10.8 Å². The zero-order valence-electron chi connectivity index (χ0n) is 11.4. The Labute approximate surface area is 116 Å². The van der Waals surface area contributed by atoms with Crippen molar-refractivity contribution >= 4 is 23.1 Å². The molecule has 0 atom stereocenters. The molecule has 1 aromatic rings. The fourth-order valence-electron chi connectivity index (χ4n) is 1.15. The molecule has 0 spiro atoms. The quantitative estimate of drug-likeness (QED) is 0.392. The Morgan fingerprint density at radius 3 is 2.06 bits per heavy atom. The summed E-state index contributed by atoms with van der Waals surface area (Å²) in [7, 11) is 0. The van der Waals surface area contributed by atoms with Crippen LogP contribution in [0.25, 0.3) is 0 Å². The molecule has 100 valence electrons. The summed E-state index contributed by atoms with van der Waals surface area (Å²) in [5.41, 5.74) is 0.854. The molecule has 0 aliphatic carbocycles. The van der Waals surface area contributed by atoms with Gasteiger partial charge < -0.3 is 4.74 Å². The molecule has 0 aromatic heterocycles. The summed E-state index contributed by atoms with van der Waals surface area (Å²) in [6.45, 7) is 6.28. The number of thiocarbonyl (C=S) groups is 1.